The first-order valence-electron chi connectivity index (χ1n) is 7.21. The fourth-order valence-electron chi connectivity index (χ4n) is 3.30. The zero-order valence-corrected chi connectivity index (χ0v) is 12.1. The lowest BCUT2D eigenvalue weighted by Gasteiger charge is -2.35. The molecule has 0 saturated heterocycles. The highest BCUT2D eigenvalue weighted by molar-refractivity contribution is 5.81. The minimum Gasteiger partial charge on any atom is -0.369 e. The van der Waals surface area contributed by atoms with Crippen LogP contribution in [0.3, 0.4) is 0 Å². The van der Waals surface area contributed by atoms with Crippen LogP contribution in [0.1, 0.15) is 51.1 Å². The highest BCUT2D eigenvalue weighted by Crippen LogP contribution is 2.42. The van der Waals surface area contributed by atoms with Gasteiger partial charge in [-0.2, -0.15) is 0 Å². The van der Waals surface area contributed by atoms with Gasteiger partial charge < -0.3 is 10.3 Å². The highest BCUT2D eigenvalue weighted by Gasteiger charge is 2.29. The second-order valence-electron chi connectivity index (χ2n) is 6.68. The molecule has 3 heteroatoms. The molecule has 0 radical (unpaired) electrons. The number of aryl methyl sites for hydroxylation is 1. The first kappa shape index (κ1) is 12.5. The van der Waals surface area contributed by atoms with E-state index in [1.54, 1.807) is 0 Å². The van der Waals surface area contributed by atoms with Crippen molar-refractivity contribution >= 4 is 17.0 Å². The summed E-state index contributed by atoms with van der Waals surface area (Å²) >= 11 is 0. The van der Waals surface area contributed by atoms with Crippen molar-refractivity contribution in [2.75, 3.05) is 5.73 Å². The number of benzene rings is 1. The van der Waals surface area contributed by atoms with Gasteiger partial charge in [0.1, 0.15) is 0 Å². The SMILES string of the molecule is Cc1cccc2c1nc(N)n2C1CCC(C)(C)CC1. The van der Waals surface area contributed by atoms with E-state index in [4.69, 9.17) is 5.73 Å². The van der Waals surface area contributed by atoms with Crippen LogP contribution in [0.4, 0.5) is 5.95 Å². The Labute approximate surface area is 114 Å². The third kappa shape index (κ3) is 2.11. The van der Waals surface area contributed by atoms with Crippen molar-refractivity contribution in [3.8, 4) is 0 Å². The van der Waals surface area contributed by atoms with Crippen LogP contribution in [-0.2, 0) is 0 Å². The van der Waals surface area contributed by atoms with E-state index >= 15 is 0 Å². The molecule has 1 fully saturated rings. The molecular weight excluding hydrogens is 234 g/mol. The van der Waals surface area contributed by atoms with Gasteiger partial charge in [0.25, 0.3) is 0 Å². The fourth-order valence-corrected chi connectivity index (χ4v) is 3.30. The number of fused-ring (bicyclic) bond motifs is 1. The number of anilines is 1. The van der Waals surface area contributed by atoms with Crippen molar-refractivity contribution in [1.29, 1.82) is 0 Å². The summed E-state index contributed by atoms with van der Waals surface area (Å²) in [6.45, 7) is 6.83. The highest BCUT2D eigenvalue weighted by atomic mass is 15.2. The van der Waals surface area contributed by atoms with E-state index < -0.39 is 0 Å². The predicted octanol–water partition coefficient (Wildman–Crippen LogP) is 4.07. The second kappa shape index (κ2) is 4.26. The standard InChI is InChI=1S/C16H23N3/c1-11-5-4-6-13-14(11)18-15(17)19(13)12-7-9-16(2,3)10-8-12/h4-6,12H,7-10H2,1-3H3,(H2,17,18). The summed E-state index contributed by atoms with van der Waals surface area (Å²) in [4.78, 5) is 4.56. The average molecular weight is 257 g/mol. The van der Waals surface area contributed by atoms with Crippen molar-refractivity contribution in [3.63, 3.8) is 0 Å². The van der Waals surface area contributed by atoms with E-state index in [0.717, 1.165) is 5.52 Å². The van der Waals surface area contributed by atoms with Crippen LogP contribution in [0, 0.1) is 12.3 Å². The maximum atomic E-state index is 6.17. The lowest BCUT2D eigenvalue weighted by atomic mass is 9.75. The number of hydrogen-bond donors (Lipinski definition) is 1. The molecule has 0 amide bonds. The molecular formula is C16H23N3. The Morgan fingerprint density at radius 2 is 1.95 bits per heavy atom. The lowest BCUT2D eigenvalue weighted by Crippen LogP contribution is -2.24. The number of nitrogen functional groups attached to an aromatic ring is 1. The van der Waals surface area contributed by atoms with Gasteiger partial charge in [-0.3, -0.25) is 0 Å². The van der Waals surface area contributed by atoms with E-state index in [0.29, 0.717) is 17.4 Å². The first-order chi connectivity index (χ1) is 8.98. The summed E-state index contributed by atoms with van der Waals surface area (Å²) in [5.41, 5.74) is 10.1. The molecule has 3 rings (SSSR count). The molecule has 2 N–H and O–H groups in total. The van der Waals surface area contributed by atoms with Gasteiger partial charge in [0.15, 0.2) is 0 Å². The second-order valence-corrected chi connectivity index (χ2v) is 6.68. The number of imidazole rings is 1. The van der Waals surface area contributed by atoms with Crippen LogP contribution in [-0.4, -0.2) is 9.55 Å². The van der Waals surface area contributed by atoms with Gasteiger partial charge in [0, 0.05) is 6.04 Å². The molecule has 19 heavy (non-hydrogen) atoms. The fraction of sp³-hybridized carbons (Fsp3) is 0.562. The number of para-hydroxylation sites is 1. The van der Waals surface area contributed by atoms with E-state index in [-0.39, 0.29) is 0 Å². The zero-order valence-electron chi connectivity index (χ0n) is 12.1. The van der Waals surface area contributed by atoms with E-state index in [2.05, 4.69) is 48.5 Å². The number of aromatic nitrogens is 2. The summed E-state index contributed by atoms with van der Waals surface area (Å²) < 4.78 is 2.26. The van der Waals surface area contributed by atoms with Crippen LogP contribution < -0.4 is 5.73 Å². The lowest BCUT2D eigenvalue weighted by molar-refractivity contribution is 0.197. The molecule has 1 aromatic carbocycles. The van der Waals surface area contributed by atoms with Crippen molar-refractivity contribution < 1.29 is 0 Å². The van der Waals surface area contributed by atoms with Gasteiger partial charge in [-0.05, 0) is 49.7 Å². The number of nitrogens with two attached hydrogens (primary N) is 1. The summed E-state index contributed by atoms with van der Waals surface area (Å²) in [6, 6.07) is 6.86. The van der Waals surface area contributed by atoms with Crippen molar-refractivity contribution in [2.45, 2.75) is 52.5 Å². The Bertz CT molecular complexity index is 600. The minimum atomic E-state index is 0.484. The van der Waals surface area contributed by atoms with E-state index in [1.165, 1.54) is 36.8 Å². The largest absolute Gasteiger partial charge is 0.369 e. The molecule has 1 aliphatic carbocycles. The maximum Gasteiger partial charge on any atom is 0.201 e. The van der Waals surface area contributed by atoms with Gasteiger partial charge in [0.05, 0.1) is 11.0 Å². The minimum absolute atomic E-state index is 0.484. The summed E-state index contributed by atoms with van der Waals surface area (Å²) in [5.74, 6) is 0.675. The first-order valence-corrected chi connectivity index (χ1v) is 7.21. The molecule has 1 heterocycles. The molecule has 1 aliphatic rings. The Balaban J connectivity index is 2.02. The number of rotatable bonds is 1. The third-order valence-corrected chi connectivity index (χ3v) is 4.62. The quantitative estimate of drug-likeness (QED) is 0.837. The van der Waals surface area contributed by atoms with Crippen molar-refractivity contribution in [3.05, 3.63) is 23.8 Å². The summed E-state index contributed by atoms with van der Waals surface area (Å²) in [6.07, 6.45) is 4.94. The van der Waals surface area contributed by atoms with Crippen LogP contribution in [0.15, 0.2) is 18.2 Å². The van der Waals surface area contributed by atoms with Gasteiger partial charge in [-0.1, -0.05) is 26.0 Å². The Kier molecular flexibility index (Phi) is 2.80. The topological polar surface area (TPSA) is 43.8 Å². The molecule has 1 aromatic heterocycles. The van der Waals surface area contributed by atoms with Gasteiger partial charge >= 0.3 is 0 Å². The smallest absolute Gasteiger partial charge is 0.201 e. The Hall–Kier alpha value is -1.51. The molecule has 0 bridgehead atoms. The summed E-state index contributed by atoms with van der Waals surface area (Å²) in [7, 11) is 0. The average Bonchev–Trinajstić information content (AvgIpc) is 2.68. The Morgan fingerprint density at radius 1 is 1.26 bits per heavy atom. The molecule has 102 valence electrons. The van der Waals surface area contributed by atoms with Crippen LogP contribution in [0.25, 0.3) is 11.0 Å². The van der Waals surface area contributed by atoms with Gasteiger partial charge in [-0.25, -0.2) is 4.98 Å². The molecule has 2 aromatic rings. The normalized spacial score (nSPS) is 19.9. The van der Waals surface area contributed by atoms with Crippen LogP contribution >= 0.6 is 0 Å². The summed E-state index contributed by atoms with van der Waals surface area (Å²) in [5, 5.41) is 0. The van der Waals surface area contributed by atoms with Crippen LogP contribution in [0.2, 0.25) is 0 Å². The van der Waals surface area contributed by atoms with Crippen molar-refractivity contribution in [2.24, 2.45) is 5.41 Å². The monoisotopic (exact) mass is 257 g/mol. The molecule has 0 aliphatic heterocycles. The molecule has 0 spiro atoms. The van der Waals surface area contributed by atoms with E-state index in [1.807, 2.05) is 0 Å². The Morgan fingerprint density at radius 3 is 2.63 bits per heavy atom. The molecule has 1 saturated carbocycles. The van der Waals surface area contributed by atoms with E-state index in [9.17, 15) is 0 Å². The molecule has 3 nitrogen and oxygen atoms in total. The number of hydrogen-bond acceptors (Lipinski definition) is 2. The zero-order chi connectivity index (χ0) is 13.6. The number of nitrogens with zero attached hydrogens (tertiary/aromatic N) is 2. The van der Waals surface area contributed by atoms with Gasteiger partial charge in [-0.15, -0.1) is 0 Å². The maximum absolute atomic E-state index is 6.17. The third-order valence-electron chi connectivity index (χ3n) is 4.62. The predicted molar refractivity (Wildman–Crippen MR) is 80.2 cm³/mol. The van der Waals surface area contributed by atoms with Crippen LogP contribution in [0.5, 0.6) is 0 Å². The van der Waals surface area contributed by atoms with Crippen molar-refractivity contribution in [1.82, 2.24) is 9.55 Å². The van der Waals surface area contributed by atoms with Gasteiger partial charge in [0.2, 0.25) is 5.95 Å². The molecule has 0 atom stereocenters. The molecule has 0 unspecified atom stereocenters.